The third-order valence-electron chi connectivity index (χ3n) is 5.17. The van der Waals surface area contributed by atoms with Crippen molar-refractivity contribution >= 4 is 19.1 Å². The van der Waals surface area contributed by atoms with Gasteiger partial charge in [0.15, 0.2) is 0 Å². The van der Waals surface area contributed by atoms with Gasteiger partial charge in [-0.15, -0.1) is 0 Å². The van der Waals surface area contributed by atoms with Crippen LogP contribution in [0.2, 0.25) is 6.32 Å². The lowest BCUT2D eigenvalue weighted by Crippen LogP contribution is -2.34. The molecule has 3 N–H and O–H groups in total. The number of carbonyl (C=O) groups excluding carboxylic acids is 2. The summed E-state index contributed by atoms with van der Waals surface area (Å²) in [7, 11) is -1.58. The van der Waals surface area contributed by atoms with Crippen molar-refractivity contribution in [3.8, 4) is 6.07 Å². The zero-order valence-corrected chi connectivity index (χ0v) is 19.2. The zero-order valence-electron chi connectivity index (χ0n) is 19.2. The summed E-state index contributed by atoms with van der Waals surface area (Å²) in [6, 6.07) is 8.79. The van der Waals surface area contributed by atoms with Crippen LogP contribution in [0.3, 0.4) is 0 Å². The minimum absolute atomic E-state index is 0.0273. The lowest BCUT2D eigenvalue weighted by atomic mass is 9.79. The van der Waals surface area contributed by atoms with Gasteiger partial charge in [-0.25, -0.2) is 4.79 Å². The number of alkyl carbamates (subject to hydrolysis) is 1. The minimum atomic E-state index is -1.58. The van der Waals surface area contributed by atoms with Crippen molar-refractivity contribution in [1.29, 1.82) is 5.26 Å². The van der Waals surface area contributed by atoms with E-state index in [1.807, 2.05) is 58.0 Å². The van der Waals surface area contributed by atoms with E-state index in [1.54, 1.807) is 11.0 Å². The van der Waals surface area contributed by atoms with Crippen LogP contribution in [-0.4, -0.2) is 53.8 Å². The minimum Gasteiger partial charge on any atom is -0.449 e. The molecule has 2 rings (SSSR count). The molecule has 0 aromatic heterocycles. The number of amides is 2. The molecule has 32 heavy (non-hydrogen) atoms. The molecule has 1 aliphatic rings. The fraction of sp³-hybridized carbons (Fsp3) is 0.522. The van der Waals surface area contributed by atoms with Crippen LogP contribution in [-0.2, 0) is 9.53 Å². The molecule has 1 aromatic rings. The van der Waals surface area contributed by atoms with E-state index in [0.717, 1.165) is 11.1 Å². The molecule has 0 aliphatic carbocycles. The highest BCUT2D eigenvalue weighted by Crippen LogP contribution is 2.23. The summed E-state index contributed by atoms with van der Waals surface area (Å²) in [5.41, 5.74) is 1.64. The van der Waals surface area contributed by atoms with Crippen LogP contribution in [0.15, 0.2) is 35.9 Å². The van der Waals surface area contributed by atoms with Gasteiger partial charge >= 0.3 is 13.2 Å². The summed E-state index contributed by atoms with van der Waals surface area (Å²) in [4.78, 5) is 26.6. The molecule has 1 fully saturated rings. The number of rotatable bonds is 7. The van der Waals surface area contributed by atoms with Gasteiger partial charge in [0, 0.05) is 25.3 Å². The maximum atomic E-state index is 12.6. The summed E-state index contributed by atoms with van der Waals surface area (Å²) in [5, 5.41) is 30.8. The first-order chi connectivity index (χ1) is 15.0. The van der Waals surface area contributed by atoms with E-state index in [-0.39, 0.29) is 35.7 Å². The SMILES string of the molecule is Cc1ccc([C@@H](CB(O)O)NC(=O)OC[C@H]2CCN(C(=O)C(C#N)=CC(C)(C)C)C2)cc1. The van der Waals surface area contributed by atoms with Crippen molar-refractivity contribution in [3.63, 3.8) is 0 Å². The average Bonchev–Trinajstić information content (AvgIpc) is 3.18. The smallest absolute Gasteiger partial charge is 0.449 e. The van der Waals surface area contributed by atoms with Crippen molar-refractivity contribution in [1.82, 2.24) is 10.2 Å². The van der Waals surface area contributed by atoms with Gasteiger partial charge < -0.3 is 25.0 Å². The second-order valence-corrected chi connectivity index (χ2v) is 9.36. The number of hydrogen-bond donors (Lipinski definition) is 3. The number of ether oxygens (including phenoxy) is 1. The maximum absolute atomic E-state index is 12.6. The molecule has 0 spiro atoms. The maximum Gasteiger partial charge on any atom is 0.453 e. The second kappa shape index (κ2) is 11.2. The molecule has 2 atom stereocenters. The Morgan fingerprint density at radius 2 is 2.00 bits per heavy atom. The van der Waals surface area contributed by atoms with E-state index in [2.05, 4.69) is 5.32 Å². The van der Waals surface area contributed by atoms with E-state index in [9.17, 15) is 24.9 Å². The van der Waals surface area contributed by atoms with Crippen LogP contribution >= 0.6 is 0 Å². The van der Waals surface area contributed by atoms with Crippen molar-refractivity contribution < 1.29 is 24.4 Å². The summed E-state index contributed by atoms with van der Waals surface area (Å²) >= 11 is 0. The Kier molecular flexibility index (Phi) is 8.87. The van der Waals surface area contributed by atoms with Crippen molar-refractivity contribution in [3.05, 3.63) is 47.0 Å². The van der Waals surface area contributed by atoms with Crippen LogP contribution in [0.5, 0.6) is 0 Å². The standard InChI is InChI=1S/C23H32BN3O5/c1-16-5-7-18(8-6-16)20(12-24(30)31)26-22(29)32-15-17-9-10-27(14-17)21(28)19(13-25)11-23(2,3)4/h5-8,11,17,20,30-31H,9-10,12,14-15H2,1-4H3,(H,26,29)/t17-,20+/m0/s1. The number of benzene rings is 1. The van der Waals surface area contributed by atoms with Gasteiger partial charge in [-0.1, -0.05) is 56.7 Å². The Bertz CT molecular complexity index is 871. The Balaban J connectivity index is 1.90. The number of nitriles is 1. The Morgan fingerprint density at radius 3 is 2.56 bits per heavy atom. The monoisotopic (exact) mass is 441 g/mol. The highest BCUT2D eigenvalue weighted by molar-refractivity contribution is 6.41. The molecule has 1 aromatic carbocycles. The zero-order chi connectivity index (χ0) is 23.9. The number of hydrogen-bond acceptors (Lipinski definition) is 6. The lowest BCUT2D eigenvalue weighted by Gasteiger charge is -2.20. The molecule has 9 heteroatoms. The molecule has 0 unspecified atom stereocenters. The second-order valence-electron chi connectivity index (χ2n) is 9.36. The molecular weight excluding hydrogens is 409 g/mol. The number of nitrogens with one attached hydrogen (secondary N) is 1. The largest absolute Gasteiger partial charge is 0.453 e. The third kappa shape index (κ3) is 8.02. The molecule has 1 heterocycles. The van der Waals surface area contributed by atoms with Crippen LogP contribution < -0.4 is 5.32 Å². The number of likely N-dealkylation sites (tertiary alicyclic amines) is 1. The van der Waals surface area contributed by atoms with Crippen LogP contribution in [0, 0.1) is 29.6 Å². The fourth-order valence-corrected chi connectivity index (χ4v) is 3.56. The number of nitrogens with zero attached hydrogens (tertiary/aromatic N) is 2. The average molecular weight is 441 g/mol. The summed E-state index contributed by atoms with van der Waals surface area (Å²) in [6.07, 6.45) is 1.62. The molecule has 8 nitrogen and oxygen atoms in total. The molecule has 2 amide bonds. The summed E-state index contributed by atoms with van der Waals surface area (Å²) < 4.78 is 5.35. The Morgan fingerprint density at radius 1 is 1.34 bits per heavy atom. The van der Waals surface area contributed by atoms with Crippen LogP contribution in [0.4, 0.5) is 4.79 Å². The third-order valence-corrected chi connectivity index (χ3v) is 5.17. The molecule has 0 bridgehead atoms. The molecular formula is C23H32BN3O5. The highest BCUT2D eigenvalue weighted by Gasteiger charge is 2.30. The van der Waals surface area contributed by atoms with Gasteiger partial charge in [-0.2, -0.15) is 5.26 Å². The topological polar surface area (TPSA) is 123 Å². The Hall–Kier alpha value is -2.83. The number of aryl methyl sites for hydroxylation is 1. The van der Waals surface area contributed by atoms with Crippen LogP contribution in [0.1, 0.15) is 44.4 Å². The van der Waals surface area contributed by atoms with Gasteiger partial charge in [0.05, 0.1) is 12.6 Å². The van der Waals surface area contributed by atoms with Crippen LogP contribution in [0.25, 0.3) is 0 Å². The first kappa shape index (κ1) is 25.4. The predicted molar refractivity (Wildman–Crippen MR) is 121 cm³/mol. The first-order valence-corrected chi connectivity index (χ1v) is 10.8. The van der Waals surface area contributed by atoms with Gasteiger partial charge in [-0.05, 0) is 24.3 Å². The van der Waals surface area contributed by atoms with E-state index < -0.39 is 19.3 Å². The number of carbonyl (C=O) groups is 2. The van der Waals surface area contributed by atoms with E-state index in [0.29, 0.717) is 19.5 Å². The quantitative estimate of drug-likeness (QED) is 0.340. The summed E-state index contributed by atoms with van der Waals surface area (Å²) in [5.74, 6) is -0.328. The lowest BCUT2D eigenvalue weighted by molar-refractivity contribution is -0.125. The van der Waals surface area contributed by atoms with E-state index in [1.165, 1.54) is 0 Å². The molecule has 0 radical (unpaired) electrons. The number of allylic oxidation sites excluding steroid dienone is 1. The Labute approximate surface area is 190 Å². The normalized spacial score (nSPS) is 17.5. The highest BCUT2D eigenvalue weighted by atomic mass is 16.5. The van der Waals surface area contributed by atoms with Crippen molar-refractivity contribution in [2.24, 2.45) is 11.3 Å². The molecule has 1 aliphatic heterocycles. The molecule has 0 saturated carbocycles. The molecule has 1 saturated heterocycles. The van der Waals surface area contributed by atoms with E-state index in [4.69, 9.17) is 4.74 Å². The van der Waals surface area contributed by atoms with Crippen molar-refractivity contribution in [2.75, 3.05) is 19.7 Å². The van der Waals surface area contributed by atoms with E-state index >= 15 is 0 Å². The predicted octanol–water partition coefficient (Wildman–Crippen LogP) is 2.58. The summed E-state index contributed by atoms with van der Waals surface area (Å²) in [6.45, 7) is 8.76. The van der Waals surface area contributed by atoms with Gasteiger partial charge in [-0.3, -0.25) is 4.79 Å². The van der Waals surface area contributed by atoms with Gasteiger partial charge in [0.2, 0.25) is 0 Å². The first-order valence-electron chi connectivity index (χ1n) is 10.8. The van der Waals surface area contributed by atoms with Gasteiger partial charge in [0.1, 0.15) is 11.6 Å². The molecule has 172 valence electrons. The van der Waals surface area contributed by atoms with Gasteiger partial charge in [0.25, 0.3) is 5.91 Å². The fourth-order valence-electron chi connectivity index (χ4n) is 3.56. The van der Waals surface area contributed by atoms with Crippen molar-refractivity contribution in [2.45, 2.75) is 46.5 Å².